The first-order chi connectivity index (χ1) is 9.73. The normalized spacial score (nSPS) is 24.5. The average Bonchev–Trinajstić information content (AvgIpc) is 2.63. The number of aliphatic carboxylic acids is 1. The van der Waals surface area contributed by atoms with Crippen LogP contribution >= 0.6 is 0 Å². The summed E-state index contributed by atoms with van der Waals surface area (Å²) in [6.45, 7) is 1.61. The summed E-state index contributed by atoms with van der Waals surface area (Å²) < 4.78 is 13.1. The summed E-state index contributed by atoms with van der Waals surface area (Å²) in [5.74, 6) is -2.59. The number of hydrogen-bond acceptors (Lipinski definition) is 5. The molecular formula is C11H15FLiN3O6. The monoisotopic (exact) mass is 311 g/mol. The number of likely N-dealkylation sites (N-methyl/N-ethyl adjacent to an activating group) is 1. The Morgan fingerprint density at radius 1 is 1.55 bits per heavy atom. The molecule has 0 aromatic rings. The van der Waals surface area contributed by atoms with Gasteiger partial charge in [0.2, 0.25) is 0 Å². The first kappa shape index (κ1) is 18.4. The van der Waals surface area contributed by atoms with E-state index in [0.29, 0.717) is 15.7 Å². The van der Waals surface area contributed by atoms with Crippen LogP contribution in [-0.4, -0.2) is 94.1 Å². The van der Waals surface area contributed by atoms with Gasteiger partial charge in [-0.2, -0.15) is 5.06 Å². The van der Waals surface area contributed by atoms with Crippen molar-refractivity contribution < 1.29 is 33.9 Å². The van der Waals surface area contributed by atoms with E-state index in [0.717, 1.165) is 11.9 Å². The topological polar surface area (TPSA) is 111 Å². The second kappa shape index (κ2) is 6.66. The average molecular weight is 311 g/mol. The minimum atomic E-state index is -2.68. The quantitative estimate of drug-likeness (QED) is 0.296. The molecule has 1 saturated heterocycles. The Labute approximate surface area is 137 Å². The van der Waals surface area contributed by atoms with Gasteiger partial charge in [0.25, 0.3) is 5.91 Å². The number of carbonyl (C=O) groups excluding carboxylic acids is 2. The van der Waals surface area contributed by atoms with Gasteiger partial charge in [0.15, 0.2) is 0 Å². The molecule has 3 atom stereocenters. The Bertz CT molecular complexity index is 528. The van der Waals surface area contributed by atoms with Crippen LogP contribution in [0.3, 0.4) is 0 Å². The number of halogens is 1. The Morgan fingerprint density at radius 2 is 2.14 bits per heavy atom. The number of nitrogens with zero attached hydrogens (tertiary/aromatic N) is 3. The summed E-state index contributed by atoms with van der Waals surface area (Å²) in [5, 5.41) is 18.6. The molecule has 0 spiro atoms. The molecular weight excluding hydrogens is 296 g/mol. The van der Waals surface area contributed by atoms with Crippen LogP contribution in [0.4, 0.5) is 9.18 Å². The van der Waals surface area contributed by atoms with Crippen molar-refractivity contribution in [2.45, 2.75) is 25.4 Å². The molecule has 9 nitrogen and oxygen atoms in total. The van der Waals surface area contributed by atoms with Crippen molar-refractivity contribution in [1.82, 2.24) is 15.0 Å². The molecule has 0 radical (unpaired) electrons. The summed E-state index contributed by atoms with van der Waals surface area (Å²) in [6.07, 6.45) is -1.18. The summed E-state index contributed by atoms with van der Waals surface area (Å²) in [4.78, 5) is 40.0. The molecule has 0 unspecified atom stereocenters. The van der Waals surface area contributed by atoms with E-state index in [1.807, 2.05) is 0 Å². The zero-order valence-electron chi connectivity index (χ0n) is 11.3. The van der Waals surface area contributed by atoms with E-state index < -0.39 is 36.3 Å². The SMILES string of the molecule is CC1=C[C@@H]2CN(C(=O)N2O[C@@H](F)C(=O)O)[C@@H]1C(=O)N(C)O.[LiH]. The number of fused-ring (bicyclic) bond motifs is 2. The molecule has 2 bridgehead atoms. The van der Waals surface area contributed by atoms with Gasteiger partial charge in [-0.3, -0.25) is 10.0 Å². The molecule has 22 heavy (non-hydrogen) atoms. The molecule has 2 heterocycles. The molecule has 0 aromatic carbocycles. The molecule has 1 fully saturated rings. The Hall–Kier alpha value is -1.60. The Morgan fingerprint density at radius 3 is 2.64 bits per heavy atom. The van der Waals surface area contributed by atoms with E-state index in [1.165, 1.54) is 6.08 Å². The summed E-state index contributed by atoms with van der Waals surface area (Å²) in [6, 6.07) is -2.56. The predicted octanol–water partition coefficient (Wildman–Crippen LogP) is -1.07. The number of carboxylic acids is 1. The van der Waals surface area contributed by atoms with Crippen LogP contribution in [0.1, 0.15) is 6.92 Å². The molecule has 2 N–H and O–H groups in total. The summed E-state index contributed by atoms with van der Waals surface area (Å²) in [5.41, 5.74) is 0.474. The van der Waals surface area contributed by atoms with E-state index >= 15 is 0 Å². The van der Waals surface area contributed by atoms with Crippen LogP contribution in [-0.2, 0) is 14.4 Å². The molecule has 118 valence electrons. The third kappa shape index (κ3) is 3.10. The molecule has 2 rings (SSSR count). The van der Waals surface area contributed by atoms with Crippen molar-refractivity contribution >= 4 is 36.8 Å². The maximum absolute atomic E-state index is 13.1. The fraction of sp³-hybridized carbons (Fsp3) is 0.545. The summed E-state index contributed by atoms with van der Waals surface area (Å²) in [7, 11) is 1.12. The second-order valence-corrected chi connectivity index (χ2v) is 4.76. The van der Waals surface area contributed by atoms with Gasteiger partial charge in [0, 0.05) is 7.05 Å². The molecule has 2 aliphatic rings. The fourth-order valence-electron chi connectivity index (χ4n) is 2.37. The van der Waals surface area contributed by atoms with Gasteiger partial charge in [-0.05, 0) is 12.5 Å². The van der Waals surface area contributed by atoms with Crippen LogP contribution in [0.15, 0.2) is 11.6 Å². The van der Waals surface area contributed by atoms with Gasteiger partial charge >= 0.3 is 37.2 Å². The molecule has 0 saturated carbocycles. The Balaban J connectivity index is 0.00000242. The van der Waals surface area contributed by atoms with E-state index in [1.54, 1.807) is 6.92 Å². The number of hydroxylamine groups is 4. The maximum atomic E-state index is 13.1. The van der Waals surface area contributed by atoms with Crippen LogP contribution in [0.2, 0.25) is 0 Å². The number of carbonyl (C=O) groups is 3. The number of carboxylic acid groups (broad SMARTS) is 1. The van der Waals surface area contributed by atoms with Crippen LogP contribution < -0.4 is 0 Å². The molecule has 3 amide bonds. The zero-order chi connectivity index (χ0) is 15.9. The Kier molecular flexibility index (Phi) is 5.58. The van der Waals surface area contributed by atoms with Gasteiger partial charge in [0.05, 0.1) is 12.6 Å². The molecule has 2 aliphatic heterocycles. The van der Waals surface area contributed by atoms with E-state index in [2.05, 4.69) is 4.84 Å². The predicted molar refractivity (Wildman–Crippen MR) is 70.6 cm³/mol. The van der Waals surface area contributed by atoms with Crippen molar-refractivity contribution in [2.24, 2.45) is 0 Å². The van der Waals surface area contributed by atoms with Gasteiger partial charge in [-0.15, -0.1) is 0 Å². The standard InChI is InChI=1S/C11H14FN3O6.Li.H/c1-5-3-6-4-14(7(5)9(16)13(2)20)11(19)15(6)21-8(12)10(17)18;;/h3,6-8,20H,4H2,1-2H3,(H,17,18);;/t6-,7+,8-;;/m1../s1. The molecule has 11 heteroatoms. The minimum absolute atomic E-state index is 0. The third-order valence-electron chi connectivity index (χ3n) is 3.27. The number of hydrogen-bond donors (Lipinski definition) is 2. The summed E-state index contributed by atoms with van der Waals surface area (Å²) >= 11 is 0. The van der Waals surface area contributed by atoms with Crippen molar-refractivity contribution in [3.63, 3.8) is 0 Å². The second-order valence-electron chi connectivity index (χ2n) is 4.76. The number of alkyl halides is 1. The van der Waals surface area contributed by atoms with Gasteiger partial charge in [0.1, 0.15) is 6.04 Å². The zero-order valence-corrected chi connectivity index (χ0v) is 11.3. The van der Waals surface area contributed by atoms with Gasteiger partial charge in [-0.25, -0.2) is 23.9 Å². The van der Waals surface area contributed by atoms with Crippen molar-refractivity contribution in [2.75, 3.05) is 13.6 Å². The van der Waals surface area contributed by atoms with Gasteiger partial charge in [-0.1, -0.05) is 6.08 Å². The molecule has 0 aromatic heterocycles. The third-order valence-corrected chi connectivity index (χ3v) is 3.27. The van der Waals surface area contributed by atoms with Crippen LogP contribution in [0.25, 0.3) is 0 Å². The number of rotatable bonds is 4. The van der Waals surface area contributed by atoms with Crippen LogP contribution in [0.5, 0.6) is 0 Å². The first-order valence-corrected chi connectivity index (χ1v) is 6.02. The van der Waals surface area contributed by atoms with E-state index in [9.17, 15) is 24.0 Å². The molecule has 0 aliphatic carbocycles. The first-order valence-electron chi connectivity index (χ1n) is 6.02. The van der Waals surface area contributed by atoms with Gasteiger partial charge < -0.3 is 10.0 Å². The fourth-order valence-corrected chi connectivity index (χ4v) is 2.37. The van der Waals surface area contributed by atoms with Crippen molar-refractivity contribution in [3.8, 4) is 0 Å². The van der Waals surface area contributed by atoms with Crippen LogP contribution in [0, 0.1) is 0 Å². The van der Waals surface area contributed by atoms with E-state index in [-0.39, 0.29) is 25.4 Å². The van der Waals surface area contributed by atoms with Crippen molar-refractivity contribution in [1.29, 1.82) is 0 Å². The van der Waals surface area contributed by atoms with Crippen molar-refractivity contribution in [3.05, 3.63) is 11.6 Å². The van der Waals surface area contributed by atoms with E-state index in [4.69, 9.17) is 5.11 Å². The number of urea groups is 1. The number of amides is 3.